The zero-order chi connectivity index (χ0) is 20.9. The molecule has 0 saturated carbocycles. The minimum absolute atomic E-state index is 0.486. The number of hydrogen-bond acceptors (Lipinski definition) is 8. The van der Waals surface area contributed by atoms with Crippen LogP contribution >= 0.6 is 0 Å². The van der Waals surface area contributed by atoms with Gasteiger partial charge in [0, 0.05) is 55.9 Å². The first-order valence-electron chi connectivity index (χ1n) is 9.93. The van der Waals surface area contributed by atoms with Gasteiger partial charge in [-0.2, -0.15) is 0 Å². The molecule has 0 spiro atoms. The Bertz CT molecular complexity index is 1090. The van der Waals surface area contributed by atoms with Crippen molar-refractivity contribution in [2.75, 3.05) is 37.5 Å². The summed E-state index contributed by atoms with van der Waals surface area (Å²) in [5.74, 6) is 2.04. The van der Waals surface area contributed by atoms with Gasteiger partial charge in [0.05, 0.1) is 12.8 Å². The molecule has 0 radical (unpaired) electrons. The van der Waals surface area contributed by atoms with Crippen LogP contribution in [0.5, 0.6) is 5.75 Å². The Hall–Kier alpha value is -3.68. The number of pyridine rings is 1. The lowest BCUT2D eigenvalue weighted by Crippen LogP contribution is -2.19. The van der Waals surface area contributed by atoms with Gasteiger partial charge in [-0.15, -0.1) is 0 Å². The van der Waals surface area contributed by atoms with Gasteiger partial charge in [-0.3, -0.25) is 0 Å². The predicted molar refractivity (Wildman–Crippen MR) is 121 cm³/mol. The molecule has 0 atom stereocenters. The number of benzene rings is 1. The highest BCUT2D eigenvalue weighted by Crippen LogP contribution is 2.31. The fourth-order valence-corrected chi connectivity index (χ4v) is 3.62. The van der Waals surface area contributed by atoms with Crippen molar-refractivity contribution in [2.24, 2.45) is 0 Å². The van der Waals surface area contributed by atoms with E-state index in [9.17, 15) is 0 Å². The predicted octanol–water partition coefficient (Wildman–Crippen LogP) is 3.59. The number of allylic oxidation sites excluding steroid dienone is 1. The number of nitrogens with one attached hydrogen (secondary N) is 3. The minimum Gasteiger partial charge on any atom is -0.495 e. The Labute approximate surface area is 175 Å². The summed E-state index contributed by atoms with van der Waals surface area (Å²) >= 11 is 0. The summed E-state index contributed by atoms with van der Waals surface area (Å²) in [6.07, 6.45) is 9.06. The van der Waals surface area contributed by atoms with Gasteiger partial charge in [0.2, 0.25) is 5.95 Å². The smallest absolute Gasteiger partial charge is 0.227 e. The first-order chi connectivity index (χ1) is 14.7. The van der Waals surface area contributed by atoms with Crippen molar-refractivity contribution in [1.82, 2.24) is 20.3 Å². The second kappa shape index (κ2) is 8.77. The zero-order valence-electron chi connectivity index (χ0n) is 17.1. The second-order valence-corrected chi connectivity index (χ2v) is 7.03. The molecule has 1 aliphatic heterocycles. The van der Waals surface area contributed by atoms with Crippen LogP contribution in [0, 0.1) is 5.41 Å². The second-order valence-electron chi connectivity index (χ2n) is 7.03. The molecule has 1 saturated heterocycles. The summed E-state index contributed by atoms with van der Waals surface area (Å²) in [7, 11) is 3.42. The molecule has 30 heavy (non-hydrogen) atoms. The highest BCUT2D eigenvalue weighted by atomic mass is 16.5. The Morgan fingerprint density at radius 3 is 2.77 bits per heavy atom. The largest absolute Gasteiger partial charge is 0.495 e. The molecule has 1 aliphatic rings. The summed E-state index contributed by atoms with van der Waals surface area (Å²) in [4.78, 5) is 16.1. The quantitative estimate of drug-likeness (QED) is 0.519. The van der Waals surface area contributed by atoms with Crippen LogP contribution in [0.25, 0.3) is 16.5 Å². The summed E-state index contributed by atoms with van der Waals surface area (Å²) < 4.78 is 5.56. The Balaban J connectivity index is 1.67. The first kappa shape index (κ1) is 19.6. The monoisotopic (exact) mass is 403 g/mol. The van der Waals surface area contributed by atoms with Crippen LogP contribution in [0.1, 0.15) is 18.4 Å². The molecule has 3 heterocycles. The van der Waals surface area contributed by atoms with Gasteiger partial charge in [0.15, 0.2) is 5.82 Å². The SMILES string of the molecule is CN/C=C(\C=N)c1ccc(Nc2ncc3ccnc(N4CCCC4)c3n2)c(OC)c1. The maximum atomic E-state index is 7.61. The zero-order valence-corrected chi connectivity index (χ0v) is 17.1. The molecule has 3 N–H and O–H groups in total. The Kier molecular flexibility index (Phi) is 5.74. The van der Waals surface area contributed by atoms with Gasteiger partial charge in [-0.1, -0.05) is 6.07 Å². The van der Waals surface area contributed by atoms with Crippen molar-refractivity contribution in [3.05, 3.63) is 48.4 Å². The molecule has 154 valence electrons. The minimum atomic E-state index is 0.486. The van der Waals surface area contributed by atoms with Gasteiger partial charge in [-0.25, -0.2) is 15.0 Å². The van der Waals surface area contributed by atoms with E-state index in [-0.39, 0.29) is 0 Å². The topological polar surface area (TPSA) is 99.0 Å². The normalized spacial score (nSPS) is 14.1. The molecule has 0 amide bonds. The fourth-order valence-electron chi connectivity index (χ4n) is 3.62. The lowest BCUT2D eigenvalue weighted by molar-refractivity contribution is 0.416. The third-order valence-corrected chi connectivity index (χ3v) is 5.12. The highest BCUT2D eigenvalue weighted by molar-refractivity contribution is 6.08. The van der Waals surface area contributed by atoms with Crippen molar-refractivity contribution in [3.8, 4) is 5.75 Å². The van der Waals surface area contributed by atoms with Crippen LogP contribution in [0.2, 0.25) is 0 Å². The lowest BCUT2D eigenvalue weighted by atomic mass is 10.1. The van der Waals surface area contributed by atoms with Crippen molar-refractivity contribution < 1.29 is 4.74 Å². The van der Waals surface area contributed by atoms with Gasteiger partial charge in [0.1, 0.15) is 11.3 Å². The van der Waals surface area contributed by atoms with Crippen LogP contribution in [0.4, 0.5) is 17.5 Å². The molecule has 1 aromatic carbocycles. The Morgan fingerprint density at radius 2 is 2.03 bits per heavy atom. The van der Waals surface area contributed by atoms with Crippen LogP contribution in [-0.4, -0.2) is 48.4 Å². The maximum Gasteiger partial charge on any atom is 0.227 e. The van der Waals surface area contributed by atoms with Gasteiger partial charge >= 0.3 is 0 Å². The summed E-state index contributed by atoms with van der Waals surface area (Å²) in [5, 5.41) is 14.8. The van der Waals surface area contributed by atoms with E-state index >= 15 is 0 Å². The van der Waals surface area contributed by atoms with Crippen LogP contribution in [0.15, 0.2) is 42.9 Å². The molecule has 8 nitrogen and oxygen atoms in total. The maximum absolute atomic E-state index is 7.61. The number of ether oxygens (including phenoxy) is 1. The third kappa shape index (κ3) is 3.89. The first-order valence-corrected chi connectivity index (χ1v) is 9.93. The van der Waals surface area contributed by atoms with Crippen LogP contribution in [-0.2, 0) is 0 Å². The summed E-state index contributed by atoms with van der Waals surface area (Å²) in [6, 6.07) is 7.65. The van der Waals surface area contributed by atoms with Gasteiger partial charge in [0.25, 0.3) is 0 Å². The molecule has 0 unspecified atom stereocenters. The number of anilines is 3. The number of methoxy groups -OCH3 is 1. The lowest BCUT2D eigenvalue weighted by Gasteiger charge is -2.18. The van der Waals surface area contributed by atoms with Crippen molar-refractivity contribution in [1.29, 1.82) is 5.41 Å². The number of nitrogens with zero attached hydrogens (tertiary/aromatic N) is 4. The number of rotatable bonds is 7. The van der Waals surface area contributed by atoms with Crippen molar-refractivity contribution in [2.45, 2.75) is 12.8 Å². The Morgan fingerprint density at radius 1 is 1.20 bits per heavy atom. The molecule has 4 rings (SSSR count). The summed E-state index contributed by atoms with van der Waals surface area (Å²) in [6.45, 7) is 2.01. The van der Waals surface area contributed by atoms with E-state index in [1.54, 1.807) is 20.4 Å². The van der Waals surface area contributed by atoms with Gasteiger partial charge in [-0.05, 0) is 36.6 Å². The van der Waals surface area contributed by atoms with E-state index in [2.05, 4.69) is 25.5 Å². The molecular weight excluding hydrogens is 378 g/mol. The van der Waals surface area contributed by atoms with Crippen molar-refractivity contribution >= 4 is 40.1 Å². The van der Waals surface area contributed by atoms with E-state index in [0.29, 0.717) is 11.7 Å². The van der Waals surface area contributed by atoms with E-state index in [1.807, 2.05) is 36.7 Å². The number of fused-ring (bicyclic) bond motifs is 1. The molecule has 0 aliphatic carbocycles. The third-order valence-electron chi connectivity index (χ3n) is 5.12. The van der Waals surface area contributed by atoms with E-state index < -0.39 is 0 Å². The fraction of sp³-hybridized carbons (Fsp3) is 0.273. The molecule has 0 bridgehead atoms. The van der Waals surface area contributed by atoms with E-state index in [0.717, 1.165) is 46.6 Å². The average Bonchev–Trinajstić information content (AvgIpc) is 3.32. The highest BCUT2D eigenvalue weighted by Gasteiger charge is 2.18. The van der Waals surface area contributed by atoms with Crippen LogP contribution in [0.3, 0.4) is 0 Å². The summed E-state index contributed by atoms with van der Waals surface area (Å²) in [5.41, 5.74) is 3.23. The van der Waals surface area contributed by atoms with E-state index in [1.165, 1.54) is 19.1 Å². The van der Waals surface area contributed by atoms with Crippen LogP contribution < -0.4 is 20.3 Å². The number of hydrogen-bond donors (Lipinski definition) is 3. The molecule has 8 heteroatoms. The van der Waals surface area contributed by atoms with E-state index in [4.69, 9.17) is 15.1 Å². The molecule has 3 aromatic rings. The molecule has 1 fully saturated rings. The standard InChI is InChI=1S/C22H25N7O/c1-24-13-17(12-23)15-5-6-18(19(11-15)30-2)27-22-26-14-16-7-8-25-21(20(16)28-22)29-9-3-4-10-29/h5-8,11-14,23-24H,3-4,9-10H2,1-2H3,(H,26,27,28)/b17-13+,23-12?. The van der Waals surface area contributed by atoms with Crippen molar-refractivity contribution in [3.63, 3.8) is 0 Å². The molecular formula is C22H25N7O. The average molecular weight is 403 g/mol. The number of aromatic nitrogens is 3. The van der Waals surface area contributed by atoms with Gasteiger partial charge < -0.3 is 25.7 Å². The molecule has 2 aromatic heterocycles.